The average Bonchev–Trinajstić information content (AvgIpc) is 3.67. The Morgan fingerprint density at radius 2 is 1.98 bits per heavy atom. The zero-order valence-electron chi connectivity index (χ0n) is 23.3. The van der Waals surface area contributed by atoms with Crippen LogP contribution in [-0.2, 0) is 10.0 Å². The normalized spacial score (nSPS) is 18.8. The van der Waals surface area contributed by atoms with Crippen LogP contribution in [0.4, 0.5) is 16.2 Å². The Balaban J connectivity index is 1.43. The predicted molar refractivity (Wildman–Crippen MR) is 157 cm³/mol. The van der Waals surface area contributed by atoms with E-state index in [1.54, 1.807) is 60.6 Å². The van der Waals surface area contributed by atoms with Crippen LogP contribution in [0.3, 0.4) is 0 Å². The molecule has 2 aliphatic rings. The second-order valence-corrected chi connectivity index (χ2v) is 13.1. The maximum absolute atomic E-state index is 13.7. The quantitative estimate of drug-likeness (QED) is 0.348. The fourth-order valence-electron chi connectivity index (χ4n) is 4.70. The number of benzene rings is 2. The number of carbonyl (C=O) groups excluding carboxylic acids is 2. The van der Waals surface area contributed by atoms with E-state index in [4.69, 9.17) is 14.2 Å². The molecule has 2 aliphatic heterocycles. The number of aliphatic hydroxyl groups excluding tert-OH is 1. The molecule has 0 saturated carbocycles. The fraction of sp³-hybridized carbons (Fsp3) is 0.357. The number of carbonyl (C=O) groups is 2. The molecule has 0 saturated heterocycles. The Morgan fingerprint density at radius 3 is 2.71 bits per heavy atom. The van der Waals surface area contributed by atoms with Gasteiger partial charge in [-0.2, -0.15) is 0 Å². The lowest BCUT2D eigenvalue weighted by Gasteiger charge is -2.38. The summed E-state index contributed by atoms with van der Waals surface area (Å²) in [6.45, 7) is 3.82. The molecule has 0 spiro atoms. The summed E-state index contributed by atoms with van der Waals surface area (Å²) in [5.41, 5.74) is 0.760. The molecule has 224 valence electrons. The number of hydrogen-bond acceptors (Lipinski definition) is 9. The van der Waals surface area contributed by atoms with Gasteiger partial charge in [-0.25, -0.2) is 13.2 Å². The third-order valence-corrected chi connectivity index (χ3v) is 9.88. The van der Waals surface area contributed by atoms with Gasteiger partial charge in [0.25, 0.3) is 15.9 Å². The summed E-state index contributed by atoms with van der Waals surface area (Å²) in [6.07, 6.45) is -0.648. The van der Waals surface area contributed by atoms with Gasteiger partial charge < -0.3 is 34.4 Å². The number of aliphatic hydroxyl groups is 1. The van der Waals surface area contributed by atoms with Gasteiger partial charge in [-0.05, 0) is 42.6 Å². The van der Waals surface area contributed by atoms with Crippen molar-refractivity contribution in [1.29, 1.82) is 0 Å². The molecule has 3 N–H and O–H groups in total. The second-order valence-electron chi connectivity index (χ2n) is 10.2. The van der Waals surface area contributed by atoms with Crippen LogP contribution >= 0.6 is 11.3 Å². The van der Waals surface area contributed by atoms with Crippen LogP contribution in [0.15, 0.2) is 58.1 Å². The van der Waals surface area contributed by atoms with Crippen LogP contribution in [0.1, 0.15) is 24.2 Å². The number of nitrogens with zero attached hydrogens (tertiary/aromatic N) is 2. The molecule has 0 bridgehead atoms. The highest BCUT2D eigenvalue weighted by Crippen LogP contribution is 2.37. The van der Waals surface area contributed by atoms with Gasteiger partial charge in [0.05, 0.1) is 30.4 Å². The second kappa shape index (κ2) is 12.1. The summed E-state index contributed by atoms with van der Waals surface area (Å²) in [5, 5.41) is 14.4. The van der Waals surface area contributed by atoms with Crippen LogP contribution in [-0.4, -0.2) is 80.9 Å². The molecule has 3 amide bonds. The Kier molecular flexibility index (Phi) is 8.48. The van der Waals surface area contributed by atoms with Crippen LogP contribution in [0.25, 0.3) is 0 Å². The molecule has 14 heteroatoms. The van der Waals surface area contributed by atoms with Crippen LogP contribution < -0.4 is 24.2 Å². The third kappa shape index (κ3) is 6.10. The first-order chi connectivity index (χ1) is 20.1. The highest BCUT2D eigenvalue weighted by atomic mass is 32.2. The SMILES string of the molecule is C[C@@H]1CN([C@H](C)CO)C(=O)c2cccc(NS(=O)(=O)c3cccs3)c2O[C@@H]1CN(C)C(=O)Nc1ccc2c(c1)OCO2. The largest absolute Gasteiger partial charge is 0.485 e. The van der Waals surface area contributed by atoms with E-state index in [9.17, 15) is 23.1 Å². The van der Waals surface area contributed by atoms with Gasteiger partial charge >= 0.3 is 6.03 Å². The van der Waals surface area contributed by atoms with Crippen molar-refractivity contribution in [3.8, 4) is 17.2 Å². The molecule has 12 nitrogen and oxygen atoms in total. The molecule has 5 rings (SSSR count). The number of fused-ring (bicyclic) bond motifs is 2. The standard InChI is InChI=1S/C28H32N4O8S2/c1-17-13-32(18(2)15-33)27(34)20-6-4-7-21(30-42(36,37)25-8-5-11-41-25)26(20)40-24(17)14-31(3)28(35)29-19-9-10-22-23(12-19)39-16-38-22/h4-12,17-18,24,30,33H,13-16H2,1-3H3,(H,29,35)/t17-,18-,24-/m1/s1. The van der Waals surface area contributed by atoms with Gasteiger partial charge in [-0.15, -0.1) is 11.3 Å². The molecule has 0 aliphatic carbocycles. The van der Waals surface area contributed by atoms with Crippen molar-refractivity contribution >= 4 is 44.7 Å². The first-order valence-corrected chi connectivity index (χ1v) is 15.6. The van der Waals surface area contributed by atoms with Gasteiger partial charge in [-0.3, -0.25) is 9.52 Å². The minimum atomic E-state index is -3.95. The van der Waals surface area contributed by atoms with Gasteiger partial charge in [0.2, 0.25) is 6.79 Å². The molecule has 42 heavy (non-hydrogen) atoms. The number of nitrogens with one attached hydrogen (secondary N) is 2. The summed E-state index contributed by atoms with van der Waals surface area (Å²) in [5.74, 6) is 0.475. The lowest BCUT2D eigenvalue weighted by atomic mass is 9.99. The van der Waals surface area contributed by atoms with Crippen LogP contribution in [0.2, 0.25) is 0 Å². The number of urea groups is 1. The van der Waals surface area contributed by atoms with Crippen molar-refractivity contribution in [3.63, 3.8) is 0 Å². The van der Waals surface area contributed by atoms with E-state index in [0.717, 1.165) is 11.3 Å². The van der Waals surface area contributed by atoms with Crippen molar-refractivity contribution in [2.24, 2.45) is 5.92 Å². The molecule has 3 aromatic rings. The zero-order chi connectivity index (χ0) is 30.0. The van der Waals surface area contributed by atoms with Crippen molar-refractivity contribution < 1.29 is 37.3 Å². The molecule has 3 atom stereocenters. The lowest BCUT2D eigenvalue weighted by molar-refractivity contribution is 0.0373. The number of likely N-dealkylation sites (N-methyl/N-ethyl adjacent to an activating group) is 1. The number of rotatable bonds is 8. The smallest absolute Gasteiger partial charge is 0.321 e. The van der Waals surface area contributed by atoms with Crippen molar-refractivity contribution in [3.05, 3.63) is 59.5 Å². The fourth-order valence-corrected chi connectivity index (χ4v) is 6.75. The number of para-hydroxylation sites is 1. The Morgan fingerprint density at radius 1 is 1.19 bits per heavy atom. The molecule has 1 aromatic heterocycles. The van der Waals surface area contributed by atoms with Crippen LogP contribution in [0.5, 0.6) is 17.2 Å². The number of thiophene rings is 1. The van der Waals surface area contributed by atoms with Crippen molar-refractivity contribution in [2.75, 3.05) is 43.6 Å². The topological polar surface area (TPSA) is 147 Å². The summed E-state index contributed by atoms with van der Waals surface area (Å²) >= 11 is 1.06. The monoisotopic (exact) mass is 616 g/mol. The van der Waals surface area contributed by atoms with E-state index < -0.39 is 34.1 Å². The number of anilines is 2. The van der Waals surface area contributed by atoms with Gasteiger partial charge in [0.1, 0.15) is 10.3 Å². The first kappa shape index (κ1) is 29.5. The molecule has 2 aromatic carbocycles. The number of ether oxygens (including phenoxy) is 3. The Bertz CT molecular complexity index is 1560. The summed E-state index contributed by atoms with van der Waals surface area (Å²) in [7, 11) is -2.34. The lowest BCUT2D eigenvalue weighted by Crippen LogP contribution is -2.50. The molecule has 3 heterocycles. The van der Waals surface area contributed by atoms with E-state index >= 15 is 0 Å². The summed E-state index contributed by atoms with van der Waals surface area (Å²) in [6, 6.07) is 11.9. The maximum atomic E-state index is 13.7. The Labute approximate surface area is 247 Å². The summed E-state index contributed by atoms with van der Waals surface area (Å²) < 4.78 is 46.0. The van der Waals surface area contributed by atoms with Gasteiger partial charge in [-0.1, -0.05) is 19.1 Å². The third-order valence-electron chi connectivity index (χ3n) is 7.12. The van der Waals surface area contributed by atoms with E-state index in [1.165, 1.54) is 17.0 Å². The number of sulfonamides is 1. The van der Waals surface area contributed by atoms with Crippen molar-refractivity contribution in [2.45, 2.75) is 30.2 Å². The molecule has 0 fully saturated rings. The van der Waals surface area contributed by atoms with Crippen LogP contribution in [0, 0.1) is 5.92 Å². The minimum absolute atomic E-state index is 0.0545. The van der Waals surface area contributed by atoms with E-state index in [0.29, 0.717) is 17.2 Å². The molecular formula is C28H32N4O8S2. The highest BCUT2D eigenvalue weighted by molar-refractivity contribution is 7.94. The Hall–Kier alpha value is -4.01. The number of hydrogen-bond donors (Lipinski definition) is 3. The zero-order valence-corrected chi connectivity index (χ0v) is 24.9. The predicted octanol–water partition coefficient (Wildman–Crippen LogP) is 3.66. The van der Waals surface area contributed by atoms with Gasteiger partial charge in [0.15, 0.2) is 17.2 Å². The van der Waals surface area contributed by atoms with E-state index in [-0.39, 0.29) is 53.6 Å². The maximum Gasteiger partial charge on any atom is 0.321 e. The molecular weight excluding hydrogens is 584 g/mol. The summed E-state index contributed by atoms with van der Waals surface area (Å²) in [4.78, 5) is 29.8. The molecule has 0 unspecified atom stereocenters. The average molecular weight is 617 g/mol. The highest BCUT2D eigenvalue weighted by Gasteiger charge is 2.35. The molecule has 0 radical (unpaired) electrons. The minimum Gasteiger partial charge on any atom is -0.485 e. The first-order valence-electron chi connectivity index (χ1n) is 13.3. The number of amides is 3. The van der Waals surface area contributed by atoms with Crippen molar-refractivity contribution in [1.82, 2.24) is 9.80 Å². The van der Waals surface area contributed by atoms with E-state index in [1.807, 2.05) is 6.92 Å². The van der Waals surface area contributed by atoms with E-state index in [2.05, 4.69) is 10.0 Å². The van der Waals surface area contributed by atoms with Gasteiger partial charge in [0, 0.05) is 31.3 Å².